The van der Waals surface area contributed by atoms with Gasteiger partial charge in [0.1, 0.15) is 5.75 Å². The first-order chi connectivity index (χ1) is 11.3. The summed E-state index contributed by atoms with van der Waals surface area (Å²) in [5.41, 5.74) is 1.24. The molecule has 1 aromatic carbocycles. The fraction of sp³-hybridized carbons (Fsp3) is 0.412. The van der Waals surface area contributed by atoms with Crippen molar-refractivity contribution < 1.29 is 4.74 Å². The van der Waals surface area contributed by atoms with Gasteiger partial charge in [0, 0.05) is 39.1 Å². The lowest BCUT2D eigenvalue weighted by molar-refractivity contribution is 0.414. The molecule has 0 radical (unpaired) electrons. The van der Waals surface area contributed by atoms with Crippen molar-refractivity contribution in [3.05, 3.63) is 48.3 Å². The third-order valence-electron chi connectivity index (χ3n) is 3.48. The predicted molar refractivity (Wildman–Crippen MR) is 108 cm³/mol. The van der Waals surface area contributed by atoms with Crippen molar-refractivity contribution >= 4 is 29.9 Å². The summed E-state index contributed by atoms with van der Waals surface area (Å²) in [5.74, 6) is 1.72. The number of nitrogens with one attached hydrogen (secondary N) is 2. The number of ether oxygens (including phenoxy) is 1. The Morgan fingerprint density at radius 2 is 2.08 bits per heavy atom. The summed E-state index contributed by atoms with van der Waals surface area (Å²) in [6, 6.07) is 10.1. The molecule has 132 valence electrons. The predicted octanol–water partition coefficient (Wildman–Crippen LogP) is 2.31. The summed E-state index contributed by atoms with van der Waals surface area (Å²) < 4.78 is 7.17. The summed E-state index contributed by atoms with van der Waals surface area (Å²) >= 11 is 0. The van der Waals surface area contributed by atoms with Crippen molar-refractivity contribution in [2.45, 2.75) is 19.4 Å². The lowest BCUT2D eigenvalue weighted by Crippen LogP contribution is -2.39. The van der Waals surface area contributed by atoms with Crippen LogP contribution < -0.4 is 15.4 Å². The zero-order valence-electron chi connectivity index (χ0n) is 14.2. The average molecular weight is 443 g/mol. The molecule has 1 heterocycles. The minimum absolute atomic E-state index is 0. The van der Waals surface area contributed by atoms with E-state index in [1.807, 2.05) is 29.1 Å². The molecule has 0 atom stereocenters. The second-order valence-corrected chi connectivity index (χ2v) is 5.15. The molecule has 0 fully saturated rings. The lowest BCUT2D eigenvalue weighted by atomic mass is 10.1. The normalized spacial score (nSPS) is 10.8. The Labute approximate surface area is 160 Å². The second-order valence-electron chi connectivity index (χ2n) is 5.15. The second kappa shape index (κ2) is 11.7. The number of nitrogens with zero attached hydrogens (tertiary/aromatic N) is 3. The number of aryl methyl sites for hydroxylation is 1. The molecule has 0 bridgehead atoms. The minimum Gasteiger partial charge on any atom is -0.497 e. The minimum atomic E-state index is 0. The summed E-state index contributed by atoms with van der Waals surface area (Å²) in [5, 5.41) is 10.8. The molecule has 24 heavy (non-hydrogen) atoms. The molecule has 0 saturated carbocycles. The van der Waals surface area contributed by atoms with E-state index in [0.717, 1.165) is 44.2 Å². The largest absolute Gasteiger partial charge is 0.497 e. The van der Waals surface area contributed by atoms with Crippen LogP contribution in [0.1, 0.15) is 12.0 Å². The van der Waals surface area contributed by atoms with Crippen molar-refractivity contribution in [2.24, 2.45) is 4.99 Å². The SMILES string of the molecule is CN=C(NCCCn1cccn1)NCCc1cccc(OC)c1.I. The number of aromatic nitrogens is 2. The number of guanidine groups is 1. The molecule has 2 rings (SSSR count). The molecular formula is C17H26IN5O. The first-order valence-corrected chi connectivity index (χ1v) is 7.86. The van der Waals surface area contributed by atoms with Gasteiger partial charge in [-0.15, -0.1) is 24.0 Å². The average Bonchev–Trinajstić information content (AvgIpc) is 3.10. The number of rotatable bonds is 8. The fourth-order valence-electron chi connectivity index (χ4n) is 2.25. The van der Waals surface area contributed by atoms with Gasteiger partial charge in [-0.3, -0.25) is 9.67 Å². The van der Waals surface area contributed by atoms with Gasteiger partial charge in [0.25, 0.3) is 0 Å². The van der Waals surface area contributed by atoms with E-state index in [1.54, 1.807) is 20.4 Å². The van der Waals surface area contributed by atoms with Crippen molar-refractivity contribution in [3.8, 4) is 5.75 Å². The van der Waals surface area contributed by atoms with E-state index in [-0.39, 0.29) is 24.0 Å². The van der Waals surface area contributed by atoms with Crippen molar-refractivity contribution in [3.63, 3.8) is 0 Å². The van der Waals surface area contributed by atoms with Crippen molar-refractivity contribution in [1.29, 1.82) is 0 Å². The van der Waals surface area contributed by atoms with E-state index < -0.39 is 0 Å². The highest BCUT2D eigenvalue weighted by Gasteiger charge is 1.99. The maximum atomic E-state index is 5.24. The Balaban J connectivity index is 0.00000288. The number of halogens is 1. The van der Waals surface area contributed by atoms with Crippen LogP contribution in [0.25, 0.3) is 0 Å². The van der Waals surface area contributed by atoms with Crippen molar-refractivity contribution in [1.82, 2.24) is 20.4 Å². The van der Waals surface area contributed by atoms with Crippen LogP contribution in [0.5, 0.6) is 5.75 Å². The van der Waals surface area contributed by atoms with E-state index >= 15 is 0 Å². The van der Waals surface area contributed by atoms with Crippen LogP contribution in [0.3, 0.4) is 0 Å². The number of benzene rings is 1. The van der Waals surface area contributed by atoms with Crippen LogP contribution in [0.4, 0.5) is 0 Å². The Morgan fingerprint density at radius 3 is 2.79 bits per heavy atom. The molecule has 0 unspecified atom stereocenters. The Kier molecular flexibility index (Phi) is 9.90. The molecule has 0 spiro atoms. The van der Waals surface area contributed by atoms with Crippen LogP contribution in [0.2, 0.25) is 0 Å². The molecule has 0 aliphatic carbocycles. The van der Waals surface area contributed by atoms with Gasteiger partial charge >= 0.3 is 0 Å². The fourth-order valence-corrected chi connectivity index (χ4v) is 2.25. The van der Waals surface area contributed by atoms with Gasteiger partial charge in [0.05, 0.1) is 7.11 Å². The van der Waals surface area contributed by atoms with Gasteiger partial charge in [-0.05, 0) is 36.6 Å². The Bertz CT molecular complexity index is 601. The standard InChI is InChI=1S/C17H25N5O.HI/c1-18-17(19-9-4-12-22-13-5-10-21-22)20-11-8-15-6-3-7-16(14-15)23-2;/h3,5-7,10,13-14H,4,8-9,11-12H2,1-2H3,(H2,18,19,20);1H. The molecule has 2 N–H and O–H groups in total. The number of hydrogen-bond donors (Lipinski definition) is 2. The van der Waals surface area contributed by atoms with E-state index in [4.69, 9.17) is 4.74 Å². The quantitative estimate of drug-likeness (QED) is 0.285. The van der Waals surface area contributed by atoms with Gasteiger partial charge < -0.3 is 15.4 Å². The van der Waals surface area contributed by atoms with Crippen LogP contribution in [0.15, 0.2) is 47.7 Å². The van der Waals surface area contributed by atoms with Crippen LogP contribution in [0, 0.1) is 0 Å². The van der Waals surface area contributed by atoms with Gasteiger partial charge in [-0.1, -0.05) is 12.1 Å². The van der Waals surface area contributed by atoms with Gasteiger partial charge in [0.2, 0.25) is 0 Å². The molecule has 7 heteroatoms. The van der Waals surface area contributed by atoms with E-state index in [0.29, 0.717) is 0 Å². The first kappa shape index (κ1) is 20.3. The molecule has 2 aromatic rings. The highest BCUT2D eigenvalue weighted by molar-refractivity contribution is 14.0. The van der Waals surface area contributed by atoms with Crippen LogP contribution in [-0.4, -0.2) is 43.0 Å². The molecule has 0 aliphatic heterocycles. The molecule has 0 aliphatic rings. The van der Waals surface area contributed by atoms with E-state index in [1.165, 1.54) is 5.56 Å². The summed E-state index contributed by atoms with van der Waals surface area (Å²) in [6.45, 7) is 2.59. The molecule has 0 saturated heterocycles. The summed E-state index contributed by atoms with van der Waals surface area (Å²) in [7, 11) is 3.47. The molecule has 1 aromatic heterocycles. The van der Waals surface area contributed by atoms with E-state index in [2.05, 4.69) is 32.9 Å². The van der Waals surface area contributed by atoms with E-state index in [9.17, 15) is 0 Å². The molecular weight excluding hydrogens is 417 g/mol. The zero-order valence-corrected chi connectivity index (χ0v) is 16.6. The topological polar surface area (TPSA) is 63.5 Å². The van der Waals surface area contributed by atoms with Crippen LogP contribution >= 0.6 is 24.0 Å². The first-order valence-electron chi connectivity index (χ1n) is 7.86. The summed E-state index contributed by atoms with van der Waals surface area (Å²) in [4.78, 5) is 4.23. The number of hydrogen-bond acceptors (Lipinski definition) is 3. The number of aliphatic imine (C=N–C) groups is 1. The maximum absolute atomic E-state index is 5.24. The number of methoxy groups -OCH3 is 1. The highest BCUT2D eigenvalue weighted by Crippen LogP contribution is 2.12. The monoisotopic (exact) mass is 443 g/mol. The Hall–Kier alpha value is -1.77. The zero-order chi connectivity index (χ0) is 16.3. The third-order valence-corrected chi connectivity index (χ3v) is 3.48. The smallest absolute Gasteiger partial charge is 0.190 e. The van der Waals surface area contributed by atoms with Gasteiger partial charge in [-0.2, -0.15) is 5.10 Å². The summed E-state index contributed by atoms with van der Waals surface area (Å²) in [6.07, 6.45) is 5.69. The third kappa shape index (κ3) is 7.20. The molecule has 0 amide bonds. The maximum Gasteiger partial charge on any atom is 0.190 e. The Morgan fingerprint density at radius 1 is 1.25 bits per heavy atom. The van der Waals surface area contributed by atoms with Gasteiger partial charge in [-0.25, -0.2) is 0 Å². The molecule has 6 nitrogen and oxygen atoms in total. The van der Waals surface area contributed by atoms with Crippen molar-refractivity contribution in [2.75, 3.05) is 27.2 Å². The lowest BCUT2D eigenvalue weighted by Gasteiger charge is -2.12. The highest BCUT2D eigenvalue weighted by atomic mass is 127. The van der Waals surface area contributed by atoms with Gasteiger partial charge in [0.15, 0.2) is 5.96 Å². The van der Waals surface area contributed by atoms with Crippen LogP contribution in [-0.2, 0) is 13.0 Å².